The van der Waals surface area contributed by atoms with Gasteiger partial charge in [-0.05, 0) is 43.4 Å². The maximum atomic E-state index is 11.4. The number of anilines is 1. The zero-order valence-corrected chi connectivity index (χ0v) is 17.3. The van der Waals surface area contributed by atoms with Gasteiger partial charge in [0.25, 0.3) is 0 Å². The first-order valence-corrected chi connectivity index (χ1v) is 7.98. The van der Waals surface area contributed by atoms with Crippen LogP contribution in [-0.2, 0) is 14.4 Å². The van der Waals surface area contributed by atoms with Crippen LogP contribution in [0.25, 0.3) is 0 Å². The van der Waals surface area contributed by atoms with Gasteiger partial charge in [-0.1, -0.05) is 0 Å². The van der Waals surface area contributed by atoms with Crippen molar-refractivity contribution in [3.05, 3.63) is 24.3 Å². The molecule has 0 aliphatic carbocycles. The second-order valence-electron chi connectivity index (χ2n) is 5.43. The zero-order chi connectivity index (χ0) is 19.7. The number of thiocarbonyl (C=S) groups is 1. The van der Waals surface area contributed by atoms with E-state index in [0.717, 1.165) is 0 Å². The van der Waals surface area contributed by atoms with Crippen molar-refractivity contribution in [2.24, 2.45) is 4.99 Å². The largest absolute Gasteiger partial charge is 0.480 e. The Morgan fingerprint density at radius 3 is 1.93 bits per heavy atom. The molecule has 0 aromatic heterocycles. The van der Waals surface area contributed by atoms with Crippen molar-refractivity contribution in [1.29, 1.82) is 0 Å². The van der Waals surface area contributed by atoms with E-state index in [1.54, 1.807) is 29.2 Å². The lowest BCUT2D eigenvalue weighted by atomic mass is 10.2. The minimum Gasteiger partial charge on any atom is -0.480 e. The van der Waals surface area contributed by atoms with Gasteiger partial charge in [-0.3, -0.25) is 14.5 Å². The molecule has 1 rings (SSSR count). The van der Waals surface area contributed by atoms with E-state index >= 15 is 0 Å². The Morgan fingerprint density at radius 2 is 1.54 bits per heavy atom. The number of benzene rings is 1. The Balaban J connectivity index is 0. The normalized spacial score (nSPS) is 10.6. The number of aliphatic imine (C=N–C) groups is 1. The van der Waals surface area contributed by atoms with Crippen LogP contribution >= 0.6 is 37.0 Å². The van der Waals surface area contributed by atoms with Gasteiger partial charge in [0.1, 0.15) is 6.04 Å². The van der Waals surface area contributed by atoms with Gasteiger partial charge in [0.05, 0.1) is 23.9 Å². The molecule has 0 saturated carbocycles. The summed E-state index contributed by atoms with van der Waals surface area (Å²) in [4.78, 5) is 39.7. The van der Waals surface area contributed by atoms with E-state index in [2.05, 4.69) is 22.4 Å². The fourth-order valence-corrected chi connectivity index (χ4v) is 2.40. The summed E-state index contributed by atoms with van der Waals surface area (Å²) in [5.41, 5.74) is 1.14. The quantitative estimate of drug-likeness (QED) is 0.340. The predicted octanol–water partition coefficient (Wildman–Crippen LogP) is 2.02. The number of nitrogens with zero attached hydrogens (tertiary/aromatic N) is 3. The van der Waals surface area contributed by atoms with Crippen molar-refractivity contribution in [1.82, 2.24) is 4.90 Å². The Bertz CT molecular complexity index is 697. The Kier molecular flexibility index (Phi) is 13.9. The molecule has 9 nitrogen and oxygen atoms in total. The Hall–Kier alpha value is -2.23. The van der Waals surface area contributed by atoms with Crippen LogP contribution in [0.1, 0.15) is 6.92 Å². The van der Waals surface area contributed by atoms with Crippen LogP contribution in [0, 0.1) is 0 Å². The number of carboxylic acid groups (broad SMARTS) is 3. The van der Waals surface area contributed by atoms with Gasteiger partial charge in [-0.25, -0.2) is 4.79 Å². The summed E-state index contributed by atoms with van der Waals surface area (Å²) < 4.78 is 0. The molecule has 3 N–H and O–H groups in total. The van der Waals surface area contributed by atoms with Gasteiger partial charge in [-0.15, -0.1) is 24.8 Å². The van der Waals surface area contributed by atoms with Crippen molar-refractivity contribution in [3.8, 4) is 0 Å². The smallest absolute Gasteiger partial charge is 0.326 e. The van der Waals surface area contributed by atoms with Crippen LogP contribution < -0.4 is 4.90 Å². The van der Waals surface area contributed by atoms with Gasteiger partial charge in [0.2, 0.25) is 0 Å². The molecule has 0 fully saturated rings. The highest BCUT2D eigenvalue weighted by molar-refractivity contribution is 7.78. The molecule has 1 unspecified atom stereocenters. The van der Waals surface area contributed by atoms with E-state index < -0.39 is 37.0 Å². The van der Waals surface area contributed by atoms with E-state index in [0.29, 0.717) is 11.4 Å². The Morgan fingerprint density at radius 1 is 1.04 bits per heavy atom. The van der Waals surface area contributed by atoms with Crippen LogP contribution in [0.4, 0.5) is 11.4 Å². The number of aliphatic carboxylic acids is 3. The fourth-order valence-electron chi connectivity index (χ4n) is 2.30. The van der Waals surface area contributed by atoms with E-state index in [1.807, 2.05) is 0 Å². The molecule has 0 aliphatic rings. The summed E-state index contributed by atoms with van der Waals surface area (Å²) in [7, 11) is 0. The van der Waals surface area contributed by atoms with Crippen LogP contribution in [-0.4, -0.2) is 75.5 Å². The summed E-state index contributed by atoms with van der Waals surface area (Å²) in [5, 5.41) is 29.3. The number of carboxylic acids is 3. The van der Waals surface area contributed by atoms with Gasteiger partial charge >= 0.3 is 17.9 Å². The lowest BCUT2D eigenvalue weighted by Gasteiger charge is -2.31. The lowest BCUT2D eigenvalue weighted by molar-refractivity contribution is -0.142. The van der Waals surface area contributed by atoms with E-state index in [9.17, 15) is 19.5 Å². The molecule has 28 heavy (non-hydrogen) atoms. The van der Waals surface area contributed by atoms with Gasteiger partial charge in [0, 0.05) is 18.8 Å². The summed E-state index contributed by atoms with van der Waals surface area (Å²) >= 11 is 4.53. The van der Waals surface area contributed by atoms with E-state index in [4.69, 9.17) is 10.2 Å². The highest BCUT2D eigenvalue weighted by atomic mass is 35.5. The summed E-state index contributed by atoms with van der Waals surface area (Å²) in [6.07, 6.45) is 0. The van der Waals surface area contributed by atoms with Gasteiger partial charge < -0.3 is 20.2 Å². The third-order valence-corrected chi connectivity index (χ3v) is 3.65. The number of hydrogen-bond acceptors (Lipinski definition) is 7. The summed E-state index contributed by atoms with van der Waals surface area (Å²) in [5.74, 6) is -3.38. The third kappa shape index (κ3) is 9.63. The van der Waals surface area contributed by atoms with E-state index in [-0.39, 0.29) is 37.9 Å². The van der Waals surface area contributed by atoms with E-state index in [1.165, 1.54) is 11.8 Å². The molecule has 0 saturated heterocycles. The summed E-state index contributed by atoms with van der Waals surface area (Å²) in [6.45, 7) is 0.776. The second-order valence-corrected chi connectivity index (χ2v) is 5.61. The monoisotopic (exact) mass is 453 g/mol. The third-order valence-electron chi connectivity index (χ3n) is 3.56. The topological polar surface area (TPSA) is 131 Å². The fraction of sp³-hybridized carbons (Fsp3) is 0.375. The number of isothiocyanates is 1. The molecule has 0 heterocycles. The number of halogens is 2. The number of hydrogen-bond donors (Lipinski definition) is 3. The molecule has 1 aromatic carbocycles. The molecular formula is C16H21Cl2N3O6S. The average Bonchev–Trinajstić information content (AvgIpc) is 2.55. The predicted molar refractivity (Wildman–Crippen MR) is 112 cm³/mol. The number of carbonyl (C=O) groups is 3. The second kappa shape index (κ2) is 13.9. The highest BCUT2D eigenvalue weighted by Gasteiger charge is 2.23. The Labute approximate surface area is 179 Å². The highest BCUT2D eigenvalue weighted by Crippen LogP contribution is 2.21. The molecule has 0 amide bonds. The zero-order valence-electron chi connectivity index (χ0n) is 14.8. The maximum Gasteiger partial charge on any atom is 0.326 e. The minimum atomic E-state index is -1.16. The van der Waals surface area contributed by atoms with Crippen molar-refractivity contribution in [3.63, 3.8) is 0 Å². The van der Waals surface area contributed by atoms with Crippen LogP contribution in [0.5, 0.6) is 0 Å². The molecule has 0 aliphatic heterocycles. The van der Waals surface area contributed by atoms with Crippen molar-refractivity contribution in [2.45, 2.75) is 13.0 Å². The van der Waals surface area contributed by atoms with Gasteiger partial charge in [-0.2, -0.15) is 4.99 Å². The number of rotatable bonds is 11. The lowest BCUT2D eigenvalue weighted by Crippen LogP contribution is -2.45. The molecule has 156 valence electrons. The first kappa shape index (κ1) is 28.0. The summed E-state index contributed by atoms with van der Waals surface area (Å²) in [6, 6.07) is 5.70. The van der Waals surface area contributed by atoms with Crippen LogP contribution in [0.2, 0.25) is 0 Å². The van der Waals surface area contributed by atoms with Crippen LogP contribution in [0.15, 0.2) is 29.3 Å². The minimum absolute atomic E-state index is 0. The molecule has 1 atom stereocenters. The standard InChI is InChI=1S/C16H19N3O6S.2ClH/c1-11(16(24)25)19(13-4-2-12(3-5-13)17-10-26)7-6-18(8-14(20)21)9-15(22)23;;/h2-5,11H,6-9H2,1H3,(H,20,21)(H,22,23)(H,24,25);2*1H. The SMILES string of the molecule is CC(C(=O)O)N(CCN(CC(=O)O)CC(=O)O)c1ccc(N=C=S)cc1.Cl.Cl. The molecule has 1 aromatic rings. The van der Waals surface area contributed by atoms with Crippen molar-refractivity contribution < 1.29 is 29.7 Å². The molecular weight excluding hydrogens is 433 g/mol. The average molecular weight is 454 g/mol. The van der Waals surface area contributed by atoms with Gasteiger partial charge in [0.15, 0.2) is 0 Å². The molecule has 0 radical (unpaired) electrons. The first-order valence-electron chi connectivity index (χ1n) is 7.58. The molecule has 0 spiro atoms. The van der Waals surface area contributed by atoms with Crippen molar-refractivity contribution in [2.75, 3.05) is 31.1 Å². The molecule has 0 bridgehead atoms. The van der Waals surface area contributed by atoms with Crippen molar-refractivity contribution >= 4 is 71.5 Å². The maximum absolute atomic E-state index is 11.4. The molecule has 12 heteroatoms. The van der Waals surface area contributed by atoms with Crippen LogP contribution in [0.3, 0.4) is 0 Å². The first-order chi connectivity index (χ1) is 12.2.